The summed E-state index contributed by atoms with van der Waals surface area (Å²) >= 11 is 3.47. The van der Waals surface area contributed by atoms with E-state index in [-0.39, 0.29) is 0 Å². The molecular weight excluding hydrogens is 294 g/mol. The Morgan fingerprint density at radius 3 is 2.94 bits per heavy atom. The molecule has 0 aliphatic carbocycles. The number of fused-ring (bicyclic) bond motifs is 1. The number of aromatic nitrogens is 4. The molecule has 1 aromatic carbocycles. The molecule has 0 bridgehead atoms. The average molecular weight is 306 g/mol. The first-order chi connectivity index (χ1) is 8.65. The largest absolute Gasteiger partial charge is 0.369 e. The minimum absolute atomic E-state index is 0.506. The monoisotopic (exact) mass is 305 g/mol. The molecule has 2 N–H and O–H groups in total. The molecule has 0 fully saturated rings. The van der Waals surface area contributed by atoms with E-state index in [4.69, 9.17) is 5.73 Å². The SMILES string of the molecule is Cn1ccnc1Cn1c(N)nc2ccc(Br)cc21. The van der Waals surface area contributed by atoms with E-state index in [1.165, 1.54) is 0 Å². The van der Waals surface area contributed by atoms with Crippen LogP contribution in [0.1, 0.15) is 5.82 Å². The number of anilines is 1. The Balaban J connectivity index is 2.13. The van der Waals surface area contributed by atoms with Crippen molar-refractivity contribution in [2.45, 2.75) is 6.54 Å². The Morgan fingerprint density at radius 2 is 2.22 bits per heavy atom. The van der Waals surface area contributed by atoms with Crippen LogP contribution in [0.15, 0.2) is 35.1 Å². The first-order valence-electron chi connectivity index (χ1n) is 5.52. The minimum Gasteiger partial charge on any atom is -0.369 e. The summed E-state index contributed by atoms with van der Waals surface area (Å²) in [5, 5.41) is 0. The fourth-order valence-corrected chi connectivity index (χ4v) is 2.32. The average Bonchev–Trinajstić information content (AvgIpc) is 2.86. The molecule has 18 heavy (non-hydrogen) atoms. The molecule has 0 saturated heterocycles. The Kier molecular flexibility index (Phi) is 2.59. The normalized spacial score (nSPS) is 11.2. The van der Waals surface area contributed by atoms with Gasteiger partial charge in [-0.25, -0.2) is 9.97 Å². The molecule has 3 rings (SSSR count). The molecule has 2 heterocycles. The number of nitrogens with two attached hydrogens (primary N) is 1. The number of imidazole rings is 2. The van der Waals surface area contributed by atoms with Gasteiger partial charge in [-0.05, 0) is 18.2 Å². The van der Waals surface area contributed by atoms with E-state index in [0.29, 0.717) is 12.5 Å². The highest BCUT2D eigenvalue weighted by Crippen LogP contribution is 2.22. The zero-order valence-corrected chi connectivity index (χ0v) is 11.4. The van der Waals surface area contributed by atoms with E-state index in [2.05, 4.69) is 25.9 Å². The van der Waals surface area contributed by atoms with Crippen LogP contribution in [0.3, 0.4) is 0 Å². The highest BCUT2D eigenvalue weighted by Gasteiger charge is 2.10. The van der Waals surface area contributed by atoms with Gasteiger partial charge in [-0.1, -0.05) is 15.9 Å². The van der Waals surface area contributed by atoms with Crippen LogP contribution in [0.2, 0.25) is 0 Å². The maximum Gasteiger partial charge on any atom is 0.201 e. The van der Waals surface area contributed by atoms with E-state index in [9.17, 15) is 0 Å². The lowest BCUT2D eigenvalue weighted by Crippen LogP contribution is -2.08. The predicted molar refractivity (Wildman–Crippen MR) is 74.2 cm³/mol. The number of halogens is 1. The van der Waals surface area contributed by atoms with Gasteiger partial charge < -0.3 is 14.9 Å². The molecule has 2 aromatic heterocycles. The van der Waals surface area contributed by atoms with Crippen molar-refractivity contribution >= 4 is 32.9 Å². The van der Waals surface area contributed by atoms with E-state index in [0.717, 1.165) is 21.3 Å². The van der Waals surface area contributed by atoms with Crippen LogP contribution in [0.4, 0.5) is 5.95 Å². The van der Waals surface area contributed by atoms with Crippen LogP contribution in [0.5, 0.6) is 0 Å². The van der Waals surface area contributed by atoms with Crippen molar-refractivity contribution in [1.82, 2.24) is 19.1 Å². The summed E-state index contributed by atoms with van der Waals surface area (Å²) in [6.07, 6.45) is 3.70. The molecule has 92 valence electrons. The maximum atomic E-state index is 5.97. The zero-order chi connectivity index (χ0) is 12.7. The third kappa shape index (κ3) is 1.78. The van der Waals surface area contributed by atoms with Crippen LogP contribution in [-0.2, 0) is 13.6 Å². The number of aryl methyl sites for hydroxylation is 1. The molecule has 0 atom stereocenters. The van der Waals surface area contributed by atoms with Gasteiger partial charge in [0, 0.05) is 23.9 Å². The van der Waals surface area contributed by atoms with E-state index in [1.54, 1.807) is 6.20 Å². The quantitative estimate of drug-likeness (QED) is 0.789. The first-order valence-corrected chi connectivity index (χ1v) is 6.32. The number of hydrogen-bond donors (Lipinski definition) is 1. The van der Waals surface area contributed by atoms with Crippen LogP contribution < -0.4 is 5.73 Å². The van der Waals surface area contributed by atoms with Crippen molar-refractivity contribution in [3.8, 4) is 0 Å². The lowest BCUT2D eigenvalue weighted by Gasteiger charge is -2.06. The standard InChI is InChI=1S/C12H12BrN5/c1-17-5-4-15-11(17)7-18-10-6-8(13)2-3-9(10)16-12(18)14/h2-6H,7H2,1H3,(H2,14,16). The lowest BCUT2D eigenvalue weighted by atomic mass is 10.3. The van der Waals surface area contributed by atoms with Gasteiger partial charge in [0.15, 0.2) is 0 Å². The van der Waals surface area contributed by atoms with Crippen LogP contribution in [0, 0.1) is 0 Å². The van der Waals surface area contributed by atoms with E-state index >= 15 is 0 Å². The summed E-state index contributed by atoms with van der Waals surface area (Å²) in [6, 6.07) is 5.92. The van der Waals surface area contributed by atoms with Crippen molar-refractivity contribution in [3.05, 3.63) is 40.9 Å². The van der Waals surface area contributed by atoms with E-state index < -0.39 is 0 Å². The highest BCUT2D eigenvalue weighted by atomic mass is 79.9. The summed E-state index contributed by atoms with van der Waals surface area (Å²) in [6.45, 7) is 0.613. The molecule has 0 radical (unpaired) electrons. The summed E-state index contributed by atoms with van der Waals surface area (Å²) < 4.78 is 4.95. The van der Waals surface area contributed by atoms with Gasteiger partial charge in [-0.15, -0.1) is 0 Å². The fourth-order valence-electron chi connectivity index (χ4n) is 1.97. The molecule has 6 heteroatoms. The van der Waals surface area contributed by atoms with Crippen LogP contribution >= 0.6 is 15.9 Å². The second-order valence-electron chi connectivity index (χ2n) is 4.14. The van der Waals surface area contributed by atoms with Crippen molar-refractivity contribution < 1.29 is 0 Å². The number of rotatable bonds is 2. The van der Waals surface area contributed by atoms with Gasteiger partial charge >= 0.3 is 0 Å². The summed E-state index contributed by atoms with van der Waals surface area (Å²) in [7, 11) is 1.97. The minimum atomic E-state index is 0.506. The molecule has 0 aliphatic heterocycles. The van der Waals surface area contributed by atoms with Crippen LogP contribution in [0.25, 0.3) is 11.0 Å². The summed E-state index contributed by atoms with van der Waals surface area (Å²) in [5.41, 5.74) is 7.87. The lowest BCUT2D eigenvalue weighted by molar-refractivity contribution is 0.720. The van der Waals surface area contributed by atoms with Gasteiger partial charge in [0.05, 0.1) is 17.6 Å². The second-order valence-corrected chi connectivity index (χ2v) is 5.06. The Hall–Kier alpha value is -1.82. The summed E-state index contributed by atoms with van der Waals surface area (Å²) in [5.74, 6) is 1.45. The number of nitrogens with zero attached hydrogens (tertiary/aromatic N) is 4. The van der Waals surface area contributed by atoms with Gasteiger partial charge in [-0.2, -0.15) is 0 Å². The van der Waals surface area contributed by atoms with Crippen molar-refractivity contribution in [3.63, 3.8) is 0 Å². The molecular formula is C12H12BrN5. The Bertz CT molecular complexity index is 712. The first kappa shape index (κ1) is 11.3. The molecule has 5 nitrogen and oxygen atoms in total. The molecule has 0 spiro atoms. The maximum absolute atomic E-state index is 5.97. The van der Waals surface area contributed by atoms with Crippen molar-refractivity contribution in [2.75, 3.05) is 5.73 Å². The second kappa shape index (κ2) is 4.13. The molecule has 0 amide bonds. The third-order valence-corrected chi connectivity index (χ3v) is 3.45. The van der Waals surface area contributed by atoms with Crippen molar-refractivity contribution in [2.24, 2.45) is 7.05 Å². The molecule has 3 aromatic rings. The summed E-state index contributed by atoms with van der Waals surface area (Å²) in [4.78, 5) is 8.66. The third-order valence-electron chi connectivity index (χ3n) is 2.96. The highest BCUT2D eigenvalue weighted by molar-refractivity contribution is 9.10. The number of benzene rings is 1. The van der Waals surface area contributed by atoms with Crippen molar-refractivity contribution in [1.29, 1.82) is 0 Å². The van der Waals surface area contributed by atoms with Gasteiger partial charge in [0.2, 0.25) is 5.95 Å². The molecule has 0 aliphatic rings. The molecule has 0 unspecified atom stereocenters. The fraction of sp³-hybridized carbons (Fsp3) is 0.167. The van der Waals surface area contributed by atoms with Gasteiger partial charge in [0.1, 0.15) is 5.82 Å². The van der Waals surface area contributed by atoms with Gasteiger partial charge in [-0.3, -0.25) is 0 Å². The Morgan fingerprint density at radius 1 is 1.39 bits per heavy atom. The number of hydrogen-bond acceptors (Lipinski definition) is 3. The zero-order valence-electron chi connectivity index (χ0n) is 9.84. The predicted octanol–water partition coefficient (Wildman–Crippen LogP) is 2.16. The topological polar surface area (TPSA) is 61.7 Å². The number of nitrogen functional groups attached to an aromatic ring is 1. The molecule has 0 saturated carbocycles. The van der Waals surface area contributed by atoms with Crippen LogP contribution in [-0.4, -0.2) is 19.1 Å². The van der Waals surface area contributed by atoms with Gasteiger partial charge in [0.25, 0.3) is 0 Å². The Labute approximate surface area is 112 Å². The van der Waals surface area contributed by atoms with E-state index in [1.807, 2.05) is 40.6 Å². The smallest absolute Gasteiger partial charge is 0.201 e.